The zero-order chi connectivity index (χ0) is 19.2. The number of nitrogens with one attached hydrogen (secondary N) is 1. The first-order valence-electron chi connectivity index (χ1n) is 7.11. The normalized spacial score (nSPS) is 11.6. The molecule has 0 bridgehead atoms. The summed E-state index contributed by atoms with van der Waals surface area (Å²) < 4.78 is 69.1. The van der Waals surface area contributed by atoms with E-state index in [1.165, 1.54) is 48.5 Å². The number of ether oxygens (including phenoxy) is 2. The summed E-state index contributed by atoms with van der Waals surface area (Å²) in [5.74, 6) is -1.29. The maximum absolute atomic E-state index is 12.3. The summed E-state index contributed by atoms with van der Waals surface area (Å²) in [6, 6.07) is 10.5. The van der Waals surface area contributed by atoms with Crippen LogP contribution in [0.2, 0.25) is 0 Å². The molecule has 0 fully saturated rings. The molecular weight excluding hydrogens is 361 g/mol. The van der Waals surface area contributed by atoms with Crippen LogP contribution in [0.25, 0.3) is 6.08 Å². The molecule has 0 unspecified atom stereocenters. The highest BCUT2D eigenvalue weighted by Crippen LogP contribution is 2.29. The van der Waals surface area contributed by atoms with Crippen molar-refractivity contribution in [3.63, 3.8) is 0 Å². The molecule has 0 saturated heterocycles. The number of carbonyl (C=O) groups is 1. The van der Waals surface area contributed by atoms with Crippen LogP contribution in [0.1, 0.15) is 5.56 Å². The number of rotatable bonds is 6. The number of anilines is 1. The smallest absolute Gasteiger partial charge is 0.435 e. The van der Waals surface area contributed by atoms with Crippen LogP contribution in [-0.4, -0.2) is 18.9 Å². The Morgan fingerprint density at radius 2 is 1.69 bits per heavy atom. The second kappa shape index (κ2) is 8.32. The van der Waals surface area contributed by atoms with Gasteiger partial charge in [0.2, 0.25) is 5.91 Å². The molecular formula is C17H12F5NO3. The van der Waals surface area contributed by atoms with Crippen molar-refractivity contribution in [1.82, 2.24) is 0 Å². The Morgan fingerprint density at radius 3 is 2.31 bits per heavy atom. The number of hydrogen-bond donors (Lipinski definition) is 1. The Morgan fingerprint density at radius 1 is 1.04 bits per heavy atom. The molecule has 1 amide bonds. The Labute approximate surface area is 144 Å². The van der Waals surface area contributed by atoms with E-state index < -0.39 is 24.6 Å². The SMILES string of the molecule is O=C(/C=C/c1ccc(OC(F)F)cc1)Nc1ccccc1OC(F)(F)F. The molecule has 0 radical (unpaired) electrons. The molecule has 0 atom stereocenters. The molecule has 0 spiro atoms. The second-order valence-electron chi connectivity index (χ2n) is 4.81. The Hall–Kier alpha value is -3.10. The molecule has 0 aliphatic rings. The highest BCUT2D eigenvalue weighted by molar-refractivity contribution is 6.02. The minimum absolute atomic E-state index is 0.0418. The summed E-state index contributed by atoms with van der Waals surface area (Å²) in [4.78, 5) is 11.9. The molecule has 0 aliphatic heterocycles. The van der Waals surface area contributed by atoms with E-state index in [0.29, 0.717) is 5.56 Å². The fourth-order valence-corrected chi connectivity index (χ4v) is 1.89. The van der Waals surface area contributed by atoms with E-state index in [9.17, 15) is 26.7 Å². The van der Waals surface area contributed by atoms with Crippen molar-refractivity contribution in [2.75, 3.05) is 5.32 Å². The lowest BCUT2D eigenvalue weighted by Crippen LogP contribution is -2.19. The van der Waals surface area contributed by atoms with Gasteiger partial charge in [0.1, 0.15) is 5.75 Å². The van der Waals surface area contributed by atoms with Crippen LogP contribution in [0.5, 0.6) is 11.5 Å². The summed E-state index contributed by atoms with van der Waals surface area (Å²) in [5.41, 5.74) is 0.349. The van der Waals surface area contributed by atoms with Crippen LogP contribution < -0.4 is 14.8 Å². The minimum Gasteiger partial charge on any atom is -0.435 e. The first-order valence-corrected chi connectivity index (χ1v) is 7.11. The standard InChI is InChI=1S/C17H12F5NO3/c18-16(19)25-12-8-5-11(6-9-12)7-10-15(24)23-13-3-1-2-4-14(13)26-17(20,21)22/h1-10,16H,(H,23,24)/b10-7+. The van der Waals surface area contributed by atoms with Gasteiger partial charge in [-0.3, -0.25) is 4.79 Å². The maximum Gasteiger partial charge on any atom is 0.573 e. The second-order valence-corrected chi connectivity index (χ2v) is 4.81. The van der Waals surface area contributed by atoms with E-state index in [4.69, 9.17) is 0 Å². The highest BCUT2D eigenvalue weighted by Gasteiger charge is 2.32. The third-order valence-corrected chi connectivity index (χ3v) is 2.90. The summed E-state index contributed by atoms with van der Waals surface area (Å²) in [6.07, 6.45) is -2.46. The van der Waals surface area contributed by atoms with Crippen molar-refractivity contribution in [3.05, 3.63) is 60.2 Å². The molecule has 2 aromatic carbocycles. The maximum atomic E-state index is 12.3. The van der Waals surface area contributed by atoms with Gasteiger partial charge < -0.3 is 14.8 Å². The highest BCUT2D eigenvalue weighted by atomic mass is 19.4. The van der Waals surface area contributed by atoms with Gasteiger partial charge >= 0.3 is 13.0 Å². The topological polar surface area (TPSA) is 47.6 Å². The van der Waals surface area contributed by atoms with Crippen LogP contribution in [0.3, 0.4) is 0 Å². The van der Waals surface area contributed by atoms with Crippen LogP contribution in [0.4, 0.5) is 27.6 Å². The van der Waals surface area contributed by atoms with Crippen molar-refractivity contribution in [3.8, 4) is 11.5 Å². The van der Waals surface area contributed by atoms with E-state index in [1.807, 2.05) is 0 Å². The fraction of sp³-hybridized carbons (Fsp3) is 0.118. The fourth-order valence-electron chi connectivity index (χ4n) is 1.89. The Bertz CT molecular complexity index is 773. The van der Waals surface area contributed by atoms with E-state index in [-0.39, 0.29) is 11.4 Å². The zero-order valence-corrected chi connectivity index (χ0v) is 13.0. The zero-order valence-electron chi connectivity index (χ0n) is 13.0. The van der Waals surface area contributed by atoms with Crippen molar-refractivity contribution in [2.45, 2.75) is 13.0 Å². The summed E-state index contributed by atoms with van der Waals surface area (Å²) >= 11 is 0. The molecule has 138 valence electrons. The van der Waals surface area contributed by atoms with Gasteiger partial charge in [-0.25, -0.2) is 0 Å². The Kier molecular flexibility index (Phi) is 6.16. The van der Waals surface area contributed by atoms with Crippen molar-refractivity contribution in [1.29, 1.82) is 0 Å². The van der Waals surface area contributed by atoms with Crippen molar-refractivity contribution >= 4 is 17.7 Å². The number of amides is 1. The molecule has 0 saturated carbocycles. The van der Waals surface area contributed by atoms with Gasteiger partial charge in [-0.2, -0.15) is 8.78 Å². The number of hydrogen-bond acceptors (Lipinski definition) is 3. The molecule has 0 heterocycles. The van der Waals surface area contributed by atoms with Crippen LogP contribution >= 0.6 is 0 Å². The molecule has 26 heavy (non-hydrogen) atoms. The van der Waals surface area contributed by atoms with E-state index in [1.54, 1.807) is 0 Å². The molecule has 2 rings (SSSR count). The first-order chi connectivity index (χ1) is 12.2. The third-order valence-electron chi connectivity index (χ3n) is 2.90. The lowest BCUT2D eigenvalue weighted by molar-refractivity contribution is -0.274. The van der Waals surface area contributed by atoms with Crippen molar-refractivity contribution in [2.24, 2.45) is 0 Å². The van der Waals surface area contributed by atoms with Gasteiger partial charge in [0.15, 0.2) is 5.75 Å². The van der Waals surface area contributed by atoms with Crippen LogP contribution in [0.15, 0.2) is 54.6 Å². The van der Waals surface area contributed by atoms with E-state index in [0.717, 1.165) is 12.1 Å². The molecule has 1 N–H and O–H groups in total. The molecule has 2 aromatic rings. The lowest BCUT2D eigenvalue weighted by atomic mass is 10.2. The lowest BCUT2D eigenvalue weighted by Gasteiger charge is -2.13. The Balaban J connectivity index is 2.01. The summed E-state index contributed by atoms with van der Waals surface area (Å²) in [7, 11) is 0. The number of benzene rings is 2. The van der Waals surface area contributed by atoms with E-state index >= 15 is 0 Å². The van der Waals surface area contributed by atoms with Gasteiger partial charge in [0.05, 0.1) is 5.69 Å². The molecule has 4 nitrogen and oxygen atoms in total. The largest absolute Gasteiger partial charge is 0.573 e. The predicted molar refractivity (Wildman–Crippen MR) is 83.9 cm³/mol. The third kappa shape index (κ3) is 6.42. The molecule has 9 heteroatoms. The van der Waals surface area contributed by atoms with Crippen LogP contribution in [-0.2, 0) is 4.79 Å². The quantitative estimate of drug-likeness (QED) is 0.582. The summed E-state index contributed by atoms with van der Waals surface area (Å²) in [5, 5.41) is 2.27. The van der Waals surface area contributed by atoms with E-state index in [2.05, 4.69) is 14.8 Å². The summed E-state index contributed by atoms with van der Waals surface area (Å²) in [6.45, 7) is -2.94. The average molecular weight is 373 g/mol. The molecule has 0 aliphatic carbocycles. The molecule has 0 aromatic heterocycles. The van der Waals surface area contributed by atoms with Gasteiger partial charge in [0, 0.05) is 6.08 Å². The number of para-hydroxylation sites is 2. The first kappa shape index (κ1) is 19.2. The number of alkyl halides is 5. The number of carbonyl (C=O) groups excluding carboxylic acids is 1. The monoisotopic (exact) mass is 373 g/mol. The van der Waals surface area contributed by atoms with Crippen molar-refractivity contribution < 1.29 is 36.2 Å². The predicted octanol–water partition coefficient (Wildman–Crippen LogP) is 4.84. The number of halogens is 5. The average Bonchev–Trinajstić information content (AvgIpc) is 2.54. The van der Waals surface area contributed by atoms with Gasteiger partial charge in [0.25, 0.3) is 0 Å². The van der Waals surface area contributed by atoms with Gasteiger partial charge in [-0.1, -0.05) is 24.3 Å². The van der Waals surface area contributed by atoms with Crippen LogP contribution in [0, 0.1) is 0 Å². The van der Waals surface area contributed by atoms with Gasteiger partial charge in [-0.15, -0.1) is 13.2 Å². The minimum atomic E-state index is -4.89. The van der Waals surface area contributed by atoms with Gasteiger partial charge in [-0.05, 0) is 35.9 Å².